The Kier molecular flexibility index (Phi) is 3.06. The van der Waals surface area contributed by atoms with Gasteiger partial charge in [-0.25, -0.2) is 0 Å². The van der Waals surface area contributed by atoms with Crippen LogP contribution in [0.15, 0.2) is 12.3 Å². The molecule has 1 fully saturated rings. The standard InChI is InChI=1S/C11H17N3O/c1-8-11(12)5-10(6-14-8)15-7-9-3-2-4-13-9/h5-6,9,13H,2-4,7,12H2,1H3. The third kappa shape index (κ3) is 2.59. The number of ether oxygens (including phenoxy) is 1. The zero-order valence-corrected chi connectivity index (χ0v) is 8.99. The summed E-state index contributed by atoms with van der Waals surface area (Å²) >= 11 is 0. The number of nitrogens with one attached hydrogen (secondary N) is 1. The molecule has 0 aromatic carbocycles. The van der Waals surface area contributed by atoms with Crippen molar-refractivity contribution in [2.75, 3.05) is 18.9 Å². The zero-order chi connectivity index (χ0) is 10.7. The Balaban J connectivity index is 1.90. The molecule has 1 aliphatic rings. The Morgan fingerprint density at radius 1 is 1.67 bits per heavy atom. The molecule has 2 heterocycles. The first-order chi connectivity index (χ1) is 7.25. The molecule has 1 aromatic rings. The average molecular weight is 207 g/mol. The fraction of sp³-hybridized carbons (Fsp3) is 0.545. The van der Waals surface area contributed by atoms with Crippen molar-refractivity contribution in [3.63, 3.8) is 0 Å². The molecule has 1 atom stereocenters. The third-order valence-electron chi connectivity index (χ3n) is 2.71. The van der Waals surface area contributed by atoms with Gasteiger partial charge in [0.2, 0.25) is 0 Å². The van der Waals surface area contributed by atoms with Crippen LogP contribution in [0, 0.1) is 6.92 Å². The maximum Gasteiger partial charge on any atom is 0.139 e. The van der Waals surface area contributed by atoms with E-state index < -0.39 is 0 Å². The number of hydrogen-bond donors (Lipinski definition) is 2. The molecule has 2 rings (SSSR count). The van der Waals surface area contributed by atoms with E-state index in [0.29, 0.717) is 18.3 Å². The minimum Gasteiger partial charge on any atom is -0.490 e. The molecule has 0 spiro atoms. The number of nitrogen functional groups attached to an aromatic ring is 1. The summed E-state index contributed by atoms with van der Waals surface area (Å²) in [5, 5.41) is 3.38. The average Bonchev–Trinajstić information content (AvgIpc) is 2.73. The van der Waals surface area contributed by atoms with E-state index in [-0.39, 0.29) is 0 Å². The quantitative estimate of drug-likeness (QED) is 0.779. The summed E-state index contributed by atoms with van der Waals surface area (Å²) in [7, 11) is 0. The van der Waals surface area contributed by atoms with Crippen LogP contribution in [0.3, 0.4) is 0 Å². The molecule has 0 saturated carbocycles. The van der Waals surface area contributed by atoms with Crippen molar-refractivity contribution >= 4 is 5.69 Å². The molecule has 0 radical (unpaired) electrons. The number of hydrogen-bond acceptors (Lipinski definition) is 4. The number of anilines is 1. The Morgan fingerprint density at radius 2 is 2.53 bits per heavy atom. The molecule has 1 aromatic heterocycles. The van der Waals surface area contributed by atoms with E-state index in [1.807, 2.05) is 13.0 Å². The van der Waals surface area contributed by atoms with Crippen molar-refractivity contribution in [2.24, 2.45) is 0 Å². The van der Waals surface area contributed by atoms with E-state index in [2.05, 4.69) is 10.3 Å². The molecule has 1 saturated heterocycles. The lowest BCUT2D eigenvalue weighted by Crippen LogP contribution is -2.28. The van der Waals surface area contributed by atoms with Crippen LogP contribution in [0.25, 0.3) is 0 Å². The van der Waals surface area contributed by atoms with Crippen LogP contribution in [0.4, 0.5) is 5.69 Å². The van der Waals surface area contributed by atoms with Gasteiger partial charge in [-0.05, 0) is 26.3 Å². The molecule has 1 unspecified atom stereocenters. The van der Waals surface area contributed by atoms with Crippen molar-refractivity contribution < 1.29 is 4.74 Å². The highest BCUT2D eigenvalue weighted by Crippen LogP contribution is 2.17. The van der Waals surface area contributed by atoms with Crippen LogP contribution in [0.5, 0.6) is 5.75 Å². The van der Waals surface area contributed by atoms with Gasteiger partial charge in [0.05, 0.1) is 17.6 Å². The summed E-state index contributed by atoms with van der Waals surface area (Å²) in [6, 6.07) is 2.31. The third-order valence-corrected chi connectivity index (χ3v) is 2.71. The van der Waals surface area contributed by atoms with Gasteiger partial charge in [0.1, 0.15) is 12.4 Å². The molecule has 0 aliphatic carbocycles. The minimum atomic E-state index is 0.479. The van der Waals surface area contributed by atoms with E-state index in [0.717, 1.165) is 18.0 Å². The lowest BCUT2D eigenvalue weighted by Gasteiger charge is -2.12. The van der Waals surface area contributed by atoms with Crippen molar-refractivity contribution in [3.05, 3.63) is 18.0 Å². The lowest BCUT2D eigenvalue weighted by atomic mass is 10.2. The summed E-state index contributed by atoms with van der Waals surface area (Å²) < 4.78 is 5.62. The van der Waals surface area contributed by atoms with E-state index in [9.17, 15) is 0 Å². The summed E-state index contributed by atoms with van der Waals surface area (Å²) in [6.45, 7) is 3.68. The lowest BCUT2D eigenvalue weighted by molar-refractivity contribution is 0.276. The van der Waals surface area contributed by atoms with Crippen molar-refractivity contribution in [3.8, 4) is 5.75 Å². The fourth-order valence-corrected chi connectivity index (χ4v) is 1.70. The maximum atomic E-state index is 5.75. The van der Waals surface area contributed by atoms with Gasteiger partial charge in [-0.2, -0.15) is 0 Å². The van der Waals surface area contributed by atoms with E-state index in [4.69, 9.17) is 10.5 Å². The van der Waals surface area contributed by atoms with Gasteiger partial charge in [0.25, 0.3) is 0 Å². The van der Waals surface area contributed by atoms with Crippen LogP contribution in [0.2, 0.25) is 0 Å². The van der Waals surface area contributed by atoms with Crippen LogP contribution in [0.1, 0.15) is 18.5 Å². The van der Waals surface area contributed by atoms with Gasteiger partial charge < -0.3 is 15.8 Å². The zero-order valence-electron chi connectivity index (χ0n) is 8.99. The van der Waals surface area contributed by atoms with Gasteiger partial charge in [0.15, 0.2) is 0 Å². The topological polar surface area (TPSA) is 60.2 Å². The number of aryl methyl sites for hydroxylation is 1. The fourth-order valence-electron chi connectivity index (χ4n) is 1.70. The van der Waals surface area contributed by atoms with Gasteiger partial charge in [-0.15, -0.1) is 0 Å². The van der Waals surface area contributed by atoms with Crippen LogP contribution in [-0.2, 0) is 0 Å². The summed E-state index contributed by atoms with van der Waals surface area (Å²) in [5.41, 5.74) is 7.28. The first-order valence-corrected chi connectivity index (χ1v) is 5.34. The number of pyridine rings is 1. The molecule has 4 heteroatoms. The van der Waals surface area contributed by atoms with Gasteiger partial charge in [-0.3, -0.25) is 4.98 Å². The molecular weight excluding hydrogens is 190 g/mol. The Labute approximate surface area is 89.8 Å². The summed E-state index contributed by atoms with van der Waals surface area (Å²) in [5.74, 6) is 0.756. The Bertz CT molecular complexity index is 335. The molecule has 3 N–H and O–H groups in total. The number of aromatic nitrogens is 1. The molecule has 15 heavy (non-hydrogen) atoms. The Morgan fingerprint density at radius 3 is 3.20 bits per heavy atom. The number of nitrogens with zero attached hydrogens (tertiary/aromatic N) is 1. The van der Waals surface area contributed by atoms with Crippen LogP contribution < -0.4 is 15.8 Å². The second-order valence-corrected chi connectivity index (χ2v) is 3.95. The molecule has 1 aliphatic heterocycles. The first-order valence-electron chi connectivity index (χ1n) is 5.34. The van der Waals surface area contributed by atoms with E-state index in [1.54, 1.807) is 6.20 Å². The van der Waals surface area contributed by atoms with Gasteiger partial charge in [0, 0.05) is 12.1 Å². The molecular formula is C11H17N3O. The second-order valence-electron chi connectivity index (χ2n) is 3.95. The maximum absolute atomic E-state index is 5.75. The monoisotopic (exact) mass is 207 g/mol. The molecule has 0 amide bonds. The van der Waals surface area contributed by atoms with Gasteiger partial charge in [-0.1, -0.05) is 0 Å². The second kappa shape index (κ2) is 4.49. The van der Waals surface area contributed by atoms with Crippen LogP contribution >= 0.6 is 0 Å². The predicted molar refractivity (Wildman–Crippen MR) is 59.9 cm³/mol. The van der Waals surface area contributed by atoms with Gasteiger partial charge >= 0.3 is 0 Å². The normalized spacial score (nSPS) is 20.5. The summed E-state index contributed by atoms with van der Waals surface area (Å²) in [4.78, 5) is 4.15. The molecule has 82 valence electrons. The molecule has 4 nitrogen and oxygen atoms in total. The van der Waals surface area contributed by atoms with E-state index >= 15 is 0 Å². The first kappa shape index (κ1) is 10.2. The van der Waals surface area contributed by atoms with Crippen LogP contribution in [-0.4, -0.2) is 24.2 Å². The largest absolute Gasteiger partial charge is 0.490 e. The highest BCUT2D eigenvalue weighted by Gasteiger charge is 2.14. The van der Waals surface area contributed by atoms with Crippen molar-refractivity contribution in [2.45, 2.75) is 25.8 Å². The summed E-state index contributed by atoms with van der Waals surface area (Å²) in [6.07, 6.45) is 4.15. The smallest absolute Gasteiger partial charge is 0.139 e. The SMILES string of the molecule is Cc1ncc(OCC2CCCN2)cc1N. The Hall–Kier alpha value is -1.29. The predicted octanol–water partition coefficient (Wildman–Crippen LogP) is 1.10. The number of nitrogens with two attached hydrogens (primary N) is 1. The highest BCUT2D eigenvalue weighted by molar-refractivity contribution is 5.46. The van der Waals surface area contributed by atoms with E-state index in [1.165, 1.54) is 12.8 Å². The molecule has 0 bridgehead atoms. The number of rotatable bonds is 3. The minimum absolute atomic E-state index is 0.479. The van der Waals surface area contributed by atoms with Crippen molar-refractivity contribution in [1.29, 1.82) is 0 Å². The van der Waals surface area contributed by atoms with Crippen molar-refractivity contribution in [1.82, 2.24) is 10.3 Å². The highest BCUT2D eigenvalue weighted by atomic mass is 16.5.